The molecule has 6 heteroatoms. The number of phenols is 1. The molecule has 1 heterocycles. The van der Waals surface area contributed by atoms with E-state index < -0.39 is 17.7 Å². The van der Waals surface area contributed by atoms with Crippen LogP contribution in [0.4, 0.5) is 5.69 Å². The number of ether oxygens (including phenoxy) is 1. The Bertz CT molecular complexity index is 1350. The van der Waals surface area contributed by atoms with Crippen molar-refractivity contribution in [3.63, 3.8) is 0 Å². The number of aliphatic hydroxyl groups is 1. The minimum absolute atomic E-state index is 0.00726. The van der Waals surface area contributed by atoms with Crippen molar-refractivity contribution in [2.24, 2.45) is 0 Å². The summed E-state index contributed by atoms with van der Waals surface area (Å²) in [4.78, 5) is 28.1. The molecule has 6 nitrogen and oxygen atoms in total. The number of benzene rings is 3. The number of anilines is 1. The van der Waals surface area contributed by atoms with Gasteiger partial charge in [0.05, 0.1) is 24.3 Å². The molecule has 1 fully saturated rings. The number of aliphatic hydroxyl groups excluding tert-OH is 1. The lowest BCUT2D eigenvalue weighted by atomic mass is 9.93. The first-order chi connectivity index (χ1) is 16.1. The first-order valence-corrected chi connectivity index (χ1v) is 11.0. The van der Waals surface area contributed by atoms with Gasteiger partial charge >= 0.3 is 0 Å². The van der Waals surface area contributed by atoms with Crippen molar-refractivity contribution < 1.29 is 24.5 Å². The number of carbonyl (C=O) groups excluding carboxylic acids is 2. The molecule has 0 aliphatic carbocycles. The summed E-state index contributed by atoms with van der Waals surface area (Å²) in [6.07, 6.45) is 0. The van der Waals surface area contributed by atoms with E-state index in [1.807, 2.05) is 45.9 Å². The summed E-state index contributed by atoms with van der Waals surface area (Å²) in [5, 5.41) is 21.6. The van der Waals surface area contributed by atoms with Crippen molar-refractivity contribution >= 4 is 23.1 Å². The summed E-state index contributed by atoms with van der Waals surface area (Å²) in [6, 6.07) is 14.6. The van der Waals surface area contributed by atoms with Crippen LogP contribution in [0.2, 0.25) is 0 Å². The number of aromatic hydroxyl groups is 1. The lowest BCUT2D eigenvalue weighted by molar-refractivity contribution is -0.132. The number of ketones is 1. The molecule has 3 aromatic carbocycles. The highest BCUT2D eigenvalue weighted by atomic mass is 16.5. The predicted octanol–water partition coefficient (Wildman–Crippen LogP) is 5.26. The summed E-state index contributed by atoms with van der Waals surface area (Å²) < 4.78 is 5.53. The third-order valence-electron chi connectivity index (χ3n) is 6.28. The van der Waals surface area contributed by atoms with Crippen molar-refractivity contribution in [3.8, 4) is 11.5 Å². The molecule has 0 bridgehead atoms. The number of carbonyl (C=O) groups is 2. The Morgan fingerprint density at radius 3 is 2.29 bits per heavy atom. The molecule has 0 spiro atoms. The Labute approximate surface area is 198 Å². The van der Waals surface area contributed by atoms with Gasteiger partial charge in [-0.15, -0.1) is 0 Å². The van der Waals surface area contributed by atoms with Crippen LogP contribution in [-0.2, 0) is 9.59 Å². The number of rotatable bonds is 4. The number of aryl methyl sites for hydroxylation is 4. The van der Waals surface area contributed by atoms with Crippen LogP contribution in [0, 0.1) is 27.7 Å². The smallest absolute Gasteiger partial charge is 0.300 e. The van der Waals surface area contributed by atoms with Crippen LogP contribution in [0.15, 0.2) is 60.2 Å². The molecule has 1 aliphatic rings. The van der Waals surface area contributed by atoms with Gasteiger partial charge in [-0.3, -0.25) is 14.5 Å². The average Bonchev–Trinajstić information content (AvgIpc) is 3.05. The zero-order valence-corrected chi connectivity index (χ0v) is 19.8. The van der Waals surface area contributed by atoms with Gasteiger partial charge < -0.3 is 14.9 Å². The lowest BCUT2D eigenvalue weighted by Gasteiger charge is -2.26. The molecule has 1 amide bonds. The van der Waals surface area contributed by atoms with E-state index in [9.17, 15) is 19.8 Å². The lowest BCUT2D eigenvalue weighted by Crippen LogP contribution is -2.29. The number of amides is 1. The Kier molecular flexibility index (Phi) is 5.92. The van der Waals surface area contributed by atoms with Gasteiger partial charge in [-0.1, -0.05) is 24.3 Å². The fourth-order valence-electron chi connectivity index (χ4n) is 4.53. The molecule has 0 aromatic heterocycles. The Balaban J connectivity index is 2.02. The minimum Gasteiger partial charge on any atom is -0.508 e. The molecule has 0 radical (unpaired) electrons. The average molecular weight is 458 g/mol. The molecule has 4 rings (SSSR count). The van der Waals surface area contributed by atoms with E-state index in [-0.39, 0.29) is 17.1 Å². The minimum atomic E-state index is -0.931. The van der Waals surface area contributed by atoms with Gasteiger partial charge in [0.2, 0.25) is 0 Å². The summed E-state index contributed by atoms with van der Waals surface area (Å²) in [6.45, 7) is 7.62. The normalized spacial score (nSPS) is 17.3. The molecule has 2 N–H and O–H groups in total. The van der Waals surface area contributed by atoms with Crippen molar-refractivity contribution in [1.82, 2.24) is 0 Å². The van der Waals surface area contributed by atoms with Crippen LogP contribution < -0.4 is 9.64 Å². The fourth-order valence-corrected chi connectivity index (χ4v) is 4.53. The molecule has 1 unspecified atom stereocenters. The van der Waals surface area contributed by atoms with Crippen LogP contribution in [0.5, 0.6) is 11.5 Å². The van der Waals surface area contributed by atoms with Gasteiger partial charge in [0.15, 0.2) is 0 Å². The van der Waals surface area contributed by atoms with Crippen LogP contribution in [0.3, 0.4) is 0 Å². The monoisotopic (exact) mass is 457 g/mol. The van der Waals surface area contributed by atoms with E-state index in [1.54, 1.807) is 24.3 Å². The number of Topliss-reactive ketones (excluding diaryl/α,β-unsaturated/α-hetero) is 1. The Morgan fingerprint density at radius 2 is 1.65 bits per heavy atom. The van der Waals surface area contributed by atoms with Crippen molar-refractivity contribution in [2.45, 2.75) is 33.7 Å². The standard InChI is InChI=1S/C28H27NO5/c1-15-11-18(4)27(34-5)22(12-15)25(31)23-24(19-7-6-8-21(30)14-19)29(28(33)26(23)32)20-10-9-16(2)17(3)13-20/h6-14,24,30-31H,1-5H3/b25-23+. The van der Waals surface area contributed by atoms with Gasteiger partial charge in [0.25, 0.3) is 11.7 Å². The predicted molar refractivity (Wildman–Crippen MR) is 131 cm³/mol. The Hall–Kier alpha value is -4.06. The molecular formula is C28H27NO5. The van der Waals surface area contributed by atoms with Crippen LogP contribution in [0.25, 0.3) is 5.76 Å². The van der Waals surface area contributed by atoms with Gasteiger partial charge in [-0.05, 0) is 85.8 Å². The van der Waals surface area contributed by atoms with E-state index in [4.69, 9.17) is 4.74 Å². The summed E-state index contributed by atoms with van der Waals surface area (Å²) in [5.41, 5.74) is 4.99. The van der Waals surface area contributed by atoms with E-state index in [2.05, 4.69) is 0 Å². The van der Waals surface area contributed by atoms with Crippen LogP contribution >= 0.6 is 0 Å². The molecule has 1 saturated heterocycles. The number of hydrogen-bond acceptors (Lipinski definition) is 5. The van der Waals surface area contributed by atoms with Gasteiger partial charge in [-0.2, -0.15) is 0 Å². The highest BCUT2D eigenvalue weighted by Crippen LogP contribution is 2.44. The zero-order chi connectivity index (χ0) is 24.7. The van der Waals surface area contributed by atoms with Crippen molar-refractivity contribution in [3.05, 3.63) is 93.6 Å². The van der Waals surface area contributed by atoms with E-state index >= 15 is 0 Å². The van der Waals surface area contributed by atoms with E-state index in [0.717, 1.165) is 22.3 Å². The number of methoxy groups -OCH3 is 1. The molecular weight excluding hydrogens is 430 g/mol. The third kappa shape index (κ3) is 3.81. The Morgan fingerprint density at radius 1 is 0.912 bits per heavy atom. The second kappa shape index (κ2) is 8.71. The molecule has 0 saturated carbocycles. The summed E-state index contributed by atoms with van der Waals surface area (Å²) in [5.74, 6) is -1.45. The highest BCUT2D eigenvalue weighted by Gasteiger charge is 2.47. The summed E-state index contributed by atoms with van der Waals surface area (Å²) >= 11 is 0. The highest BCUT2D eigenvalue weighted by molar-refractivity contribution is 6.51. The summed E-state index contributed by atoms with van der Waals surface area (Å²) in [7, 11) is 1.49. The van der Waals surface area contributed by atoms with Crippen LogP contribution in [0.1, 0.15) is 39.4 Å². The first kappa shape index (κ1) is 23.1. The van der Waals surface area contributed by atoms with Gasteiger partial charge in [-0.25, -0.2) is 0 Å². The second-order valence-corrected chi connectivity index (χ2v) is 8.70. The van der Waals surface area contributed by atoms with Crippen molar-refractivity contribution in [2.75, 3.05) is 12.0 Å². The topological polar surface area (TPSA) is 87.1 Å². The van der Waals surface area contributed by atoms with E-state index in [0.29, 0.717) is 22.6 Å². The SMILES string of the molecule is COc1c(C)cc(C)cc1/C(O)=C1\C(=O)C(=O)N(c2ccc(C)c(C)c2)C1c1cccc(O)c1. The molecule has 174 valence electrons. The van der Waals surface area contributed by atoms with E-state index in [1.165, 1.54) is 24.1 Å². The maximum absolute atomic E-state index is 13.4. The number of phenolic OH excluding ortho intramolecular Hbond substituents is 1. The second-order valence-electron chi connectivity index (χ2n) is 8.70. The number of nitrogens with zero attached hydrogens (tertiary/aromatic N) is 1. The van der Waals surface area contributed by atoms with Gasteiger partial charge in [0, 0.05) is 5.69 Å². The molecule has 3 aromatic rings. The van der Waals surface area contributed by atoms with Crippen molar-refractivity contribution in [1.29, 1.82) is 0 Å². The fraction of sp³-hybridized carbons (Fsp3) is 0.214. The van der Waals surface area contributed by atoms with Gasteiger partial charge in [0.1, 0.15) is 17.3 Å². The quantitative estimate of drug-likeness (QED) is 0.317. The molecule has 1 aliphatic heterocycles. The maximum Gasteiger partial charge on any atom is 0.300 e. The third-order valence-corrected chi connectivity index (χ3v) is 6.28. The maximum atomic E-state index is 13.4. The zero-order valence-electron chi connectivity index (χ0n) is 19.8. The largest absolute Gasteiger partial charge is 0.508 e. The molecule has 34 heavy (non-hydrogen) atoms. The molecule has 1 atom stereocenters. The van der Waals surface area contributed by atoms with Crippen LogP contribution in [-0.4, -0.2) is 29.0 Å². The first-order valence-electron chi connectivity index (χ1n) is 11.0. The number of hydrogen-bond donors (Lipinski definition) is 2.